The molecule has 1 aliphatic heterocycles. The zero-order valence-electron chi connectivity index (χ0n) is 15.5. The largest absolute Gasteiger partial charge is 0.496 e. The third-order valence-electron chi connectivity index (χ3n) is 4.87. The highest BCUT2D eigenvalue weighted by Gasteiger charge is 2.21. The van der Waals surface area contributed by atoms with E-state index in [4.69, 9.17) is 4.74 Å². The maximum absolute atomic E-state index is 12.6. The first-order valence-electron chi connectivity index (χ1n) is 9.02. The van der Waals surface area contributed by atoms with Crippen LogP contribution in [0.5, 0.6) is 5.75 Å². The number of piperidine rings is 1. The van der Waals surface area contributed by atoms with E-state index in [1.54, 1.807) is 36.4 Å². The summed E-state index contributed by atoms with van der Waals surface area (Å²) in [6.45, 7) is 3.84. The van der Waals surface area contributed by atoms with Crippen molar-refractivity contribution in [3.63, 3.8) is 0 Å². The minimum atomic E-state index is -0.266. The first kappa shape index (κ1) is 19.4. The molecule has 0 unspecified atom stereocenters. The smallest absolute Gasteiger partial charge is 0.259 e. The molecule has 2 amide bonds. The Morgan fingerprint density at radius 1 is 1.11 bits per heavy atom. The van der Waals surface area contributed by atoms with Crippen molar-refractivity contribution in [2.75, 3.05) is 25.5 Å². The minimum absolute atomic E-state index is 0.0495. The summed E-state index contributed by atoms with van der Waals surface area (Å²) < 4.78 is 6.05. The third kappa shape index (κ3) is 4.69. The lowest BCUT2D eigenvalue weighted by molar-refractivity contribution is 0.0697. The molecular formula is C21H23BrN2O3. The third-order valence-corrected chi connectivity index (χ3v) is 5.36. The molecule has 0 radical (unpaired) electrons. The van der Waals surface area contributed by atoms with E-state index in [1.807, 2.05) is 11.0 Å². The molecule has 0 bridgehead atoms. The van der Waals surface area contributed by atoms with E-state index in [-0.39, 0.29) is 11.8 Å². The second-order valence-electron chi connectivity index (χ2n) is 6.85. The van der Waals surface area contributed by atoms with Crippen LogP contribution in [0.4, 0.5) is 5.69 Å². The normalized spacial score (nSPS) is 14.7. The van der Waals surface area contributed by atoms with E-state index in [0.29, 0.717) is 28.5 Å². The van der Waals surface area contributed by atoms with Gasteiger partial charge in [-0.3, -0.25) is 9.59 Å². The summed E-state index contributed by atoms with van der Waals surface area (Å²) in [5.74, 6) is 0.967. The Kier molecular flexibility index (Phi) is 6.16. The molecule has 2 aromatic carbocycles. The predicted molar refractivity (Wildman–Crippen MR) is 109 cm³/mol. The van der Waals surface area contributed by atoms with Crippen LogP contribution in [0.3, 0.4) is 0 Å². The number of hydrogen-bond acceptors (Lipinski definition) is 3. The van der Waals surface area contributed by atoms with Crippen molar-refractivity contribution in [2.45, 2.75) is 19.8 Å². The van der Waals surface area contributed by atoms with Gasteiger partial charge in [0, 0.05) is 28.8 Å². The highest BCUT2D eigenvalue weighted by Crippen LogP contribution is 2.24. The lowest BCUT2D eigenvalue weighted by Gasteiger charge is -2.30. The Labute approximate surface area is 167 Å². The molecule has 1 saturated heterocycles. The van der Waals surface area contributed by atoms with E-state index < -0.39 is 0 Å². The van der Waals surface area contributed by atoms with Gasteiger partial charge in [-0.2, -0.15) is 0 Å². The van der Waals surface area contributed by atoms with Crippen LogP contribution < -0.4 is 10.1 Å². The number of amides is 2. The summed E-state index contributed by atoms with van der Waals surface area (Å²) in [6.07, 6.45) is 2.10. The number of rotatable bonds is 4. The maximum atomic E-state index is 12.6. The number of nitrogens with zero attached hydrogens (tertiary/aromatic N) is 1. The lowest BCUT2D eigenvalue weighted by atomic mass is 9.98. The van der Waals surface area contributed by atoms with Crippen LogP contribution in [0.1, 0.15) is 40.5 Å². The Balaban J connectivity index is 1.68. The number of anilines is 1. The molecule has 1 N–H and O–H groups in total. The fourth-order valence-electron chi connectivity index (χ4n) is 3.15. The number of carbonyl (C=O) groups excluding carboxylic acids is 2. The molecule has 2 aromatic rings. The summed E-state index contributed by atoms with van der Waals surface area (Å²) in [7, 11) is 1.53. The number of ether oxygens (including phenoxy) is 1. The first-order chi connectivity index (χ1) is 13.0. The number of benzene rings is 2. The zero-order chi connectivity index (χ0) is 19.4. The number of carbonyl (C=O) groups is 2. The van der Waals surface area contributed by atoms with Gasteiger partial charge in [0.15, 0.2) is 0 Å². The van der Waals surface area contributed by atoms with E-state index in [9.17, 15) is 9.59 Å². The molecule has 0 aromatic heterocycles. The minimum Gasteiger partial charge on any atom is -0.496 e. The molecule has 1 fully saturated rings. The van der Waals surface area contributed by atoms with Crippen LogP contribution >= 0.6 is 15.9 Å². The predicted octanol–water partition coefficient (Wildman–Crippen LogP) is 4.58. The maximum Gasteiger partial charge on any atom is 0.259 e. The topological polar surface area (TPSA) is 58.6 Å². The highest BCUT2D eigenvalue weighted by molar-refractivity contribution is 9.10. The molecular weight excluding hydrogens is 408 g/mol. The molecule has 0 aliphatic carbocycles. The monoisotopic (exact) mass is 430 g/mol. The Morgan fingerprint density at radius 2 is 1.78 bits per heavy atom. The summed E-state index contributed by atoms with van der Waals surface area (Å²) in [4.78, 5) is 27.1. The average Bonchev–Trinajstić information content (AvgIpc) is 2.68. The average molecular weight is 431 g/mol. The van der Waals surface area contributed by atoms with Gasteiger partial charge in [-0.25, -0.2) is 0 Å². The van der Waals surface area contributed by atoms with Crippen molar-refractivity contribution >= 4 is 33.4 Å². The fourth-order valence-corrected chi connectivity index (χ4v) is 3.51. The van der Waals surface area contributed by atoms with Gasteiger partial charge in [-0.15, -0.1) is 0 Å². The van der Waals surface area contributed by atoms with Crippen molar-refractivity contribution in [1.29, 1.82) is 0 Å². The highest BCUT2D eigenvalue weighted by atomic mass is 79.9. The van der Waals surface area contributed by atoms with Gasteiger partial charge in [0.1, 0.15) is 5.75 Å². The second kappa shape index (κ2) is 8.57. The van der Waals surface area contributed by atoms with Gasteiger partial charge in [0.2, 0.25) is 0 Å². The number of methoxy groups -OCH3 is 1. The second-order valence-corrected chi connectivity index (χ2v) is 7.77. The van der Waals surface area contributed by atoms with E-state index in [1.165, 1.54) is 7.11 Å². The van der Waals surface area contributed by atoms with Gasteiger partial charge in [0.05, 0.1) is 12.7 Å². The first-order valence-corrected chi connectivity index (χ1v) is 9.81. The Morgan fingerprint density at radius 3 is 2.41 bits per heavy atom. The molecule has 0 atom stereocenters. The van der Waals surface area contributed by atoms with Gasteiger partial charge >= 0.3 is 0 Å². The molecule has 1 aliphatic rings. The quantitative estimate of drug-likeness (QED) is 0.771. The van der Waals surface area contributed by atoms with Gasteiger partial charge in [0.25, 0.3) is 11.8 Å². The molecule has 0 saturated carbocycles. The zero-order valence-corrected chi connectivity index (χ0v) is 17.1. The molecule has 1 heterocycles. The Bertz CT molecular complexity index is 828. The number of likely N-dealkylation sites (tertiary alicyclic amines) is 1. The molecule has 5 nitrogen and oxygen atoms in total. The van der Waals surface area contributed by atoms with Crippen molar-refractivity contribution in [3.8, 4) is 5.75 Å². The van der Waals surface area contributed by atoms with Crippen molar-refractivity contribution in [1.82, 2.24) is 4.90 Å². The van der Waals surface area contributed by atoms with Gasteiger partial charge < -0.3 is 15.0 Å². The molecule has 3 rings (SSSR count). The van der Waals surface area contributed by atoms with E-state index in [2.05, 4.69) is 28.2 Å². The van der Waals surface area contributed by atoms with E-state index in [0.717, 1.165) is 30.4 Å². The van der Waals surface area contributed by atoms with Crippen LogP contribution in [0.25, 0.3) is 0 Å². The summed E-state index contributed by atoms with van der Waals surface area (Å²) in [5, 5.41) is 2.85. The SMILES string of the molecule is COc1ccc(Br)cc1C(=O)Nc1ccc(C(=O)N2CCC(C)CC2)cc1. The molecule has 27 heavy (non-hydrogen) atoms. The number of nitrogens with one attached hydrogen (secondary N) is 1. The number of halogens is 1. The van der Waals surface area contributed by atoms with Crippen LogP contribution in [0.15, 0.2) is 46.9 Å². The Hall–Kier alpha value is -2.34. The summed E-state index contributed by atoms with van der Waals surface area (Å²) >= 11 is 3.37. The van der Waals surface area contributed by atoms with Crippen molar-refractivity contribution < 1.29 is 14.3 Å². The van der Waals surface area contributed by atoms with Crippen LogP contribution in [0.2, 0.25) is 0 Å². The van der Waals surface area contributed by atoms with Crippen LogP contribution in [-0.4, -0.2) is 36.9 Å². The number of hydrogen-bond donors (Lipinski definition) is 1. The van der Waals surface area contributed by atoms with Gasteiger partial charge in [-0.05, 0) is 61.2 Å². The standard InChI is InChI=1S/C21H23BrN2O3/c1-14-9-11-24(12-10-14)21(26)15-3-6-17(7-4-15)23-20(25)18-13-16(22)5-8-19(18)27-2/h3-8,13-14H,9-12H2,1-2H3,(H,23,25). The van der Waals surface area contributed by atoms with Crippen molar-refractivity contribution in [3.05, 3.63) is 58.1 Å². The fraction of sp³-hybridized carbons (Fsp3) is 0.333. The molecule has 142 valence electrons. The van der Waals surface area contributed by atoms with E-state index >= 15 is 0 Å². The van der Waals surface area contributed by atoms with Crippen LogP contribution in [-0.2, 0) is 0 Å². The van der Waals surface area contributed by atoms with Crippen molar-refractivity contribution in [2.24, 2.45) is 5.92 Å². The summed E-state index contributed by atoms with van der Waals surface area (Å²) in [5.41, 5.74) is 1.71. The van der Waals surface area contributed by atoms with Crippen LogP contribution in [0, 0.1) is 5.92 Å². The lowest BCUT2D eigenvalue weighted by Crippen LogP contribution is -2.37. The van der Waals surface area contributed by atoms with Gasteiger partial charge in [-0.1, -0.05) is 22.9 Å². The summed E-state index contributed by atoms with van der Waals surface area (Å²) in [6, 6.07) is 12.3. The molecule has 6 heteroatoms. The molecule has 0 spiro atoms.